The molecule has 3 heterocycles. The minimum Gasteiger partial charge on any atom is -0.456 e. The molecule has 0 unspecified atom stereocenters. The van der Waals surface area contributed by atoms with Crippen molar-refractivity contribution in [1.29, 1.82) is 0 Å². The molecule has 0 aliphatic heterocycles. The van der Waals surface area contributed by atoms with E-state index in [1.54, 1.807) is 0 Å². The van der Waals surface area contributed by atoms with Crippen molar-refractivity contribution in [3.05, 3.63) is 164 Å². The number of para-hydroxylation sites is 1. The minimum absolute atomic E-state index is 0.857. The van der Waals surface area contributed by atoms with Gasteiger partial charge >= 0.3 is 0 Å². The largest absolute Gasteiger partial charge is 0.456 e. The van der Waals surface area contributed by atoms with Gasteiger partial charge in [0.15, 0.2) is 0 Å². The van der Waals surface area contributed by atoms with Gasteiger partial charge in [0.25, 0.3) is 0 Å². The first-order valence-corrected chi connectivity index (χ1v) is 17.7. The molecule has 0 amide bonds. The lowest BCUT2D eigenvalue weighted by Gasteiger charge is -2.27. The number of rotatable bonds is 4. The van der Waals surface area contributed by atoms with Crippen LogP contribution in [0.3, 0.4) is 0 Å². The van der Waals surface area contributed by atoms with Crippen molar-refractivity contribution in [2.24, 2.45) is 0 Å². The Morgan fingerprint density at radius 3 is 1.88 bits per heavy atom. The zero-order valence-corrected chi connectivity index (χ0v) is 27.6. The number of nitrogens with zero attached hydrogens (tertiary/aromatic N) is 1. The summed E-state index contributed by atoms with van der Waals surface area (Å²) in [7, 11) is 0. The van der Waals surface area contributed by atoms with Crippen LogP contribution in [0.5, 0.6) is 0 Å². The van der Waals surface area contributed by atoms with Crippen LogP contribution < -0.4 is 4.90 Å². The van der Waals surface area contributed by atoms with Gasteiger partial charge in [-0.15, -0.1) is 11.3 Å². The maximum Gasteiger partial charge on any atom is 0.143 e. The fourth-order valence-electron chi connectivity index (χ4n) is 7.88. The molecule has 0 N–H and O–H groups in total. The van der Waals surface area contributed by atoms with Crippen LogP contribution in [0.4, 0.5) is 17.1 Å². The Morgan fingerprint density at radius 1 is 0.400 bits per heavy atom. The molecule has 3 aromatic heterocycles. The lowest BCUT2D eigenvalue weighted by atomic mass is 9.98. The summed E-state index contributed by atoms with van der Waals surface area (Å²) in [5.41, 5.74) is 9.08. The normalized spacial score (nSPS) is 12.0. The molecular formula is C46H27NO2S. The summed E-state index contributed by atoms with van der Waals surface area (Å²) in [4.78, 5) is 2.38. The van der Waals surface area contributed by atoms with Crippen LogP contribution >= 0.6 is 11.3 Å². The van der Waals surface area contributed by atoms with Gasteiger partial charge in [-0.3, -0.25) is 0 Å². The summed E-state index contributed by atoms with van der Waals surface area (Å²) in [6.07, 6.45) is 0. The molecule has 11 aromatic rings. The monoisotopic (exact) mass is 657 g/mol. The van der Waals surface area contributed by atoms with E-state index in [1.165, 1.54) is 31.3 Å². The van der Waals surface area contributed by atoms with Gasteiger partial charge in [-0.05, 0) is 77.2 Å². The molecule has 0 fully saturated rings. The highest BCUT2D eigenvalue weighted by Gasteiger charge is 2.24. The maximum absolute atomic E-state index is 6.67. The second-order valence-electron chi connectivity index (χ2n) is 12.8. The molecule has 0 atom stereocenters. The first-order chi connectivity index (χ1) is 24.8. The molecule has 0 spiro atoms. The maximum atomic E-state index is 6.67. The van der Waals surface area contributed by atoms with E-state index >= 15 is 0 Å². The van der Waals surface area contributed by atoms with Gasteiger partial charge in [0.2, 0.25) is 0 Å². The number of furan rings is 2. The molecule has 0 aliphatic rings. The third-order valence-electron chi connectivity index (χ3n) is 10.1. The van der Waals surface area contributed by atoms with Crippen LogP contribution in [0.25, 0.3) is 85.9 Å². The molecule has 0 saturated carbocycles. The van der Waals surface area contributed by atoms with E-state index in [4.69, 9.17) is 8.83 Å². The van der Waals surface area contributed by atoms with Gasteiger partial charge in [0, 0.05) is 42.0 Å². The van der Waals surface area contributed by atoms with Gasteiger partial charge in [0.1, 0.15) is 22.3 Å². The highest BCUT2D eigenvalue weighted by atomic mass is 32.1. The van der Waals surface area contributed by atoms with E-state index in [-0.39, 0.29) is 0 Å². The van der Waals surface area contributed by atoms with Crippen molar-refractivity contribution in [3.63, 3.8) is 0 Å². The Hall–Kier alpha value is -6.36. The summed E-state index contributed by atoms with van der Waals surface area (Å²) in [5, 5.41) is 9.24. The summed E-state index contributed by atoms with van der Waals surface area (Å²) < 4.78 is 15.7. The first-order valence-electron chi connectivity index (χ1n) is 16.8. The van der Waals surface area contributed by atoms with E-state index in [0.717, 1.165) is 71.7 Å². The highest BCUT2D eigenvalue weighted by Crippen LogP contribution is 2.48. The van der Waals surface area contributed by atoms with Crippen molar-refractivity contribution in [2.45, 2.75) is 0 Å². The quantitative estimate of drug-likeness (QED) is 0.189. The number of thiophene rings is 1. The SMILES string of the molecule is c1ccc2c(c1)ccc1c2oc2cccc(N(c3ccc(-c4cccc5sc6ccccc6c45)cc3)c3cccc4oc5ccccc5c34)c21. The predicted octanol–water partition coefficient (Wildman–Crippen LogP) is 14.1. The van der Waals surface area contributed by atoms with Crippen LogP contribution in [0.2, 0.25) is 0 Å². The lowest BCUT2D eigenvalue weighted by Crippen LogP contribution is -2.10. The Kier molecular flexibility index (Phi) is 5.83. The predicted molar refractivity (Wildman–Crippen MR) is 212 cm³/mol. The van der Waals surface area contributed by atoms with E-state index in [9.17, 15) is 0 Å². The van der Waals surface area contributed by atoms with Crippen molar-refractivity contribution in [1.82, 2.24) is 0 Å². The molecule has 50 heavy (non-hydrogen) atoms. The molecule has 234 valence electrons. The average Bonchev–Trinajstić information content (AvgIpc) is 3.87. The van der Waals surface area contributed by atoms with Gasteiger partial charge in [-0.25, -0.2) is 0 Å². The topological polar surface area (TPSA) is 29.5 Å². The third kappa shape index (κ3) is 3.97. The lowest BCUT2D eigenvalue weighted by molar-refractivity contribution is 0.669. The smallest absolute Gasteiger partial charge is 0.143 e. The zero-order valence-electron chi connectivity index (χ0n) is 26.8. The van der Waals surface area contributed by atoms with Crippen molar-refractivity contribution >= 4 is 103 Å². The number of hydrogen-bond donors (Lipinski definition) is 0. The van der Waals surface area contributed by atoms with Gasteiger partial charge in [-0.2, -0.15) is 0 Å². The fourth-order valence-corrected chi connectivity index (χ4v) is 9.01. The molecule has 0 aliphatic carbocycles. The fraction of sp³-hybridized carbons (Fsp3) is 0. The van der Waals surface area contributed by atoms with E-state index in [1.807, 2.05) is 23.5 Å². The second-order valence-corrected chi connectivity index (χ2v) is 13.9. The number of benzene rings is 8. The Morgan fingerprint density at radius 2 is 1.04 bits per heavy atom. The average molecular weight is 658 g/mol. The van der Waals surface area contributed by atoms with Crippen molar-refractivity contribution in [3.8, 4) is 11.1 Å². The van der Waals surface area contributed by atoms with Crippen molar-refractivity contribution < 1.29 is 8.83 Å². The Labute approximate surface area is 290 Å². The summed E-state index contributed by atoms with van der Waals surface area (Å²) in [5.74, 6) is 0. The van der Waals surface area contributed by atoms with Gasteiger partial charge in [-0.1, -0.05) is 103 Å². The molecular weight excluding hydrogens is 631 g/mol. The third-order valence-corrected chi connectivity index (χ3v) is 11.2. The molecule has 8 aromatic carbocycles. The second kappa shape index (κ2) is 10.6. The molecule has 11 rings (SSSR count). The zero-order chi connectivity index (χ0) is 32.8. The summed E-state index contributed by atoms with van der Waals surface area (Å²) >= 11 is 1.85. The first kappa shape index (κ1) is 27.6. The molecule has 0 saturated heterocycles. The number of anilines is 3. The van der Waals surface area contributed by atoms with Crippen molar-refractivity contribution in [2.75, 3.05) is 4.90 Å². The van der Waals surface area contributed by atoms with Gasteiger partial charge < -0.3 is 13.7 Å². The highest BCUT2D eigenvalue weighted by molar-refractivity contribution is 7.25. The summed E-state index contributed by atoms with van der Waals surface area (Å²) in [6, 6.07) is 58.3. The van der Waals surface area contributed by atoms with Crippen LogP contribution in [0.15, 0.2) is 173 Å². The van der Waals surface area contributed by atoms with Crippen LogP contribution in [-0.4, -0.2) is 0 Å². The van der Waals surface area contributed by atoms with E-state index in [2.05, 4.69) is 157 Å². The Balaban J connectivity index is 1.18. The molecule has 0 radical (unpaired) electrons. The standard InChI is InChI=1S/C46H27NO2S/c1-2-11-32-28(10-1)24-27-35-45-37(16-9-19-40(45)49-46(32)35)47(36-15-8-18-39-44(36)33-12-3-5-17-38(33)48-39)30-25-22-29(23-26-30)31-14-7-21-42-43(31)34-13-4-6-20-41(34)50-42/h1-27H. The van der Waals surface area contributed by atoms with Crippen LogP contribution in [0.1, 0.15) is 0 Å². The molecule has 0 bridgehead atoms. The summed E-state index contributed by atoms with van der Waals surface area (Å²) in [6.45, 7) is 0. The molecule has 4 heteroatoms. The van der Waals surface area contributed by atoms with E-state index in [0.29, 0.717) is 0 Å². The van der Waals surface area contributed by atoms with Crippen LogP contribution in [-0.2, 0) is 0 Å². The number of hydrogen-bond acceptors (Lipinski definition) is 4. The molecule has 3 nitrogen and oxygen atoms in total. The minimum atomic E-state index is 0.857. The van der Waals surface area contributed by atoms with E-state index < -0.39 is 0 Å². The van der Waals surface area contributed by atoms with Gasteiger partial charge in [0.05, 0.1) is 22.1 Å². The Bertz CT molecular complexity index is 3110. The van der Waals surface area contributed by atoms with Crippen LogP contribution in [0, 0.1) is 0 Å². The number of fused-ring (bicyclic) bond motifs is 11.